The summed E-state index contributed by atoms with van der Waals surface area (Å²) in [4.78, 5) is 20.5. The lowest BCUT2D eigenvalue weighted by Crippen LogP contribution is -2.13. The Morgan fingerprint density at radius 3 is 2.56 bits per heavy atom. The summed E-state index contributed by atoms with van der Waals surface area (Å²) in [6, 6.07) is 14.1. The lowest BCUT2D eigenvalue weighted by Gasteiger charge is -2.09. The molecule has 25 heavy (non-hydrogen) atoms. The Morgan fingerprint density at radius 2 is 1.88 bits per heavy atom. The largest absolute Gasteiger partial charge is 0.480 e. The summed E-state index contributed by atoms with van der Waals surface area (Å²) in [5.74, 6) is 1.10. The SMILES string of the molecule is COc1ncccc1NC(=O)c1ccc(Oc2ccc(Br)cc2)nc1. The molecule has 126 valence electrons. The first-order chi connectivity index (χ1) is 12.2. The van der Waals surface area contributed by atoms with Gasteiger partial charge in [-0.1, -0.05) is 15.9 Å². The quantitative estimate of drug-likeness (QED) is 0.692. The number of amides is 1. The molecule has 0 saturated heterocycles. The van der Waals surface area contributed by atoms with Crippen LogP contribution in [0.25, 0.3) is 0 Å². The van der Waals surface area contributed by atoms with Gasteiger partial charge in [0.25, 0.3) is 5.91 Å². The van der Waals surface area contributed by atoms with E-state index in [1.165, 1.54) is 13.3 Å². The van der Waals surface area contributed by atoms with E-state index in [9.17, 15) is 4.79 Å². The molecule has 0 radical (unpaired) electrons. The van der Waals surface area contributed by atoms with E-state index in [1.807, 2.05) is 24.3 Å². The second-order valence-electron chi connectivity index (χ2n) is 4.96. The molecule has 0 aliphatic heterocycles. The lowest BCUT2D eigenvalue weighted by molar-refractivity contribution is 0.102. The summed E-state index contributed by atoms with van der Waals surface area (Å²) in [5, 5.41) is 2.74. The highest BCUT2D eigenvalue weighted by atomic mass is 79.9. The maximum absolute atomic E-state index is 12.3. The van der Waals surface area contributed by atoms with Crippen LogP contribution in [0.1, 0.15) is 10.4 Å². The zero-order chi connectivity index (χ0) is 17.6. The number of hydrogen-bond donors (Lipinski definition) is 1. The number of anilines is 1. The molecule has 2 heterocycles. The lowest BCUT2D eigenvalue weighted by atomic mass is 10.2. The summed E-state index contributed by atoms with van der Waals surface area (Å²) in [6.45, 7) is 0. The highest BCUT2D eigenvalue weighted by molar-refractivity contribution is 9.10. The van der Waals surface area contributed by atoms with Crippen molar-refractivity contribution in [2.24, 2.45) is 0 Å². The number of hydrogen-bond acceptors (Lipinski definition) is 5. The van der Waals surface area contributed by atoms with Gasteiger partial charge in [0.1, 0.15) is 11.4 Å². The number of nitrogens with zero attached hydrogens (tertiary/aromatic N) is 2. The Hall–Kier alpha value is -2.93. The van der Waals surface area contributed by atoms with E-state index in [2.05, 4.69) is 31.2 Å². The smallest absolute Gasteiger partial charge is 0.257 e. The van der Waals surface area contributed by atoms with E-state index in [4.69, 9.17) is 9.47 Å². The van der Waals surface area contributed by atoms with Gasteiger partial charge < -0.3 is 14.8 Å². The van der Waals surface area contributed by atoms with Gasteiger partial charge in [-0.15, -0.1) is 0 Å². The molecule has 6 nitrogen and oxygen atoms in total. The molecule has 2 aromatic heterocycles. The molecule has 0 saturated carbocycles. The van der Waals surface area contributed by atoms with Crippen LogP contribution in [0.4, 0.5) is 5.69 Å². The number of ether oxygens (including phenoxy) is 2. The average Bonchev–Trinajstić information content (AvgIpc) is 2.64. The minimum Gasteiger partial charge on any atom is -0.480 e. The van der Waals surface area contributed by atoms with Gasteiger partial charge in [0.2, 0.25) is 11.8 Å². The second kappa shape index (κ2) is 7.76. The molecular weight excluding hydrogens is 386 g/mol. The van der Waals surface area contributed by atoms with Gasteiger partial charge in [0, 0.05) is 22.9 Å². The fourth-order valence-corrected chi connectivity index (χ4v) is 2.31. The third-order valence-corrected chi connectivity index (χ3v) is 3.78. The molecule has 1 N–H and O–H groups in total. The van der Waals surface area contributed by atoms with Crippen molar-refractivity contribution in [2.75, 3.05) is 12.4 Å². The van der Waals surface area contributed by atoms with Gasteiger partial charge in [-0.3, -0.25) is 4.79 Å². The minimum absolute atomic E-state index is 0.311. The van der Waals surface area contributed by atoms with Crippen LogP contribution in [0.15, 0.2) is 65.4 Å². The van der Waals surface area contributed by atoms with Gasteiger partial charge in [-0.2, -0.15) is 0 Å². The zero-order valence-corrected chi connectivity index (χ0v) is 14.9. The van der Waals surface area contributed by atoms with Crippen molar-refractivity contribution in [1.29, 1.82) is 0 Å². The predicted molar refractivity (Wildman–Crippen MR) is 97.2 cm³/mol. The van der Waals surface area contributed by atoms with Crippen LogP contribution in [0.3, 0.4) is 0 Å². The van der Waals surface area contributed by atoms with E-state index in [1.54, 1.807) is 30.5 Å². The zero-order valence-electron chi connectivity index (χ0n) is 13.3. The summed E-state index contributed by atoms with van der Waals surface area (Å²) < 4.78 is 11.7. The van der Waals surface area contributed by atoms with E-state index in [0.29, 0.717) is 28.8 Å². The third kappa shape index (κ3) is 4.33. The number of carbonyl (C=O) groups is 1. The molecule has 0 atom stereocenters. The Morgan fingerprint density at radius 1 is 1.08 bits per heavy atom. The van der Waals surface area contributed by atoms with Crippen LogP contribution in [-0.4, -0.2) is 23.0 Å². The van der Waals surface area contributed by atoms with E-state index >= 15 is 0 Å². The molecule has 0 spiro atoms. The van der Waals surface area contributed by atoms with E-state index in [0.717, 1.165) is 4.47 Å². The maximum atomic E-state index is 12.3. The first-order valence-corrected chi connectivity index (χ1v) is 8.15. The first-order valence-electron chi connectivity index (χ1n) is 7.35. The Labute approximate surface area is 153 Å². The van der Waals surface area contributed by atoms with Crippen LogP contribution < -0.4 is 14.8 Å². The van der Waals surface area contributed by atoms with Gasteiger partial charge >= 0.3 is 0 Å². The number of aromatic nitrogens is 2. The summed E-state index contributed by atoms with van der Waals surface area (Å²) in [7, 11) is 1.49. The van der Waals surface area contributed by atoms with Crippen LogP contribution in [0.5, 0.6) is 17.5 Å². The van der Waals surface area contributed by atoms with Crippen molar-refractivity contribution >= 4 is 27.5 Å². The molecule has 0 unspecified atom stereocenters. The Bertz CT molecular complexity index is 867. The molecule has 1 amide bonds. The summed E-state index contributed by atoms with van der Waals surface area (Å²) in [5.41, 5.74) is 0.888. The van der Waals surface area contributed by atoms with Gasteiger partial charge in [-0.25, -0.2) is 9.97 Å². The van der Waals surface area contributed by atoms with Crippen molar-refractivity contribution in [3.63, 3.8) is 0 Å². The third-order valence-electron chi connectivity index (χ3n) is 3.25. The molecule has 0 bridgehead atoms. The number of methoxy groups -OCH3 is 1. The van der Waals surface area contributed by atoms with Gasteiger partial charge in [-0.05, 0) is 42.5 Å². The normalized spacial score (nSPS) is 10.2. The molecule has 3 rings (SSSR count). The van der Waals surface area contributed by atoms with Crippen molar-refractivity contribution < 1.29 is 14.3 Å². The van der Waals surface area contributed by atoms with Crippen LogP contribution in [0, 0.1) is 0 Å². The number of halogens is 1. The van der Waals surface area contributed by atoms with E-state index in [-0.39, 0.29) is 5.91 Å². The number of nitrogens with one attached hydrogen (secondary N) is 1. The summed E-state index contributed by atoms with van der Waals surface area (Å²) >= 11 is 3.36. The van der Waals surface area contributed by atoms with Gasteiger partial charge in [0.05, 0.1) is 12.7 Å². The van der Waals surface area contributed by atoms with Crippen molar-refractivity contribution in [3.8, 4) is 17.5 Å². The predicted octanol–water partition coefficient (Wildman–Crippen LogP) is 4.29. The van der Waals surface area contributed by atoms with Gasteiger partial charge in [0.15, 0.2) is 0 Å². The monoisotopic (exact) mass is 399 g/mol. The highest BCUT2D eigenvalue weighted by Crippen LogP contribution is 2.23. The maximum Gasteiger partial charge on any atom is 0.257 e. The van der Waals surface area contributed by atoms with Crippen molar-refractivity contribution in [2.45, 2.75) is 0 Å². The first kappa shape index (κ1) is 16.9. The second-order valence-corrected chi connectivity index (χ2v) is 5.87. The molecular formula is C18H14BrN3O3. The molecule has 0 fully saturated rings. The molecule has 3 aromatic rings. The van der Waals surface area contributed by atoms with Crippen LogP contribution >= 0.6 is 15.9 Å². The standard InChI is InChI=1S/C18H14BrN3O3/c1-24-18-15(3-2-10-20-18)22-17(23)12-4-9-16(21-11-12)25-14-7-5-13(19)6-8-14/h2-11H,1H3,(H,22,23). The summed E-state index contributed by atoms with van der Waals surface area (Å²) in [6.07, 6.45) is 3.04. The number of pyridine rings is 2. The Balaban J connectivity index is 1.69. The average molecular weight is 400 g/mol. The molecule has 7 heteroatoms. The topological polar surface area (TPSA) is 73.3 Å². The molecule has 0 aliphatic carbocycles. The Kier molecular flexibility index (Phi) is 5.25. The van der Waals surface area contributed by atoms with Crippen molar-refractivity contribution in [3.05, 3.63) is 71.0 Å². The fourth-order valence-electron chi connectivity index (χ4n) is 2.04. The number of rotatable bonds is 5. The number of benzene rings is 1. The fraction of sp³-hybridized carbons (Fsp3) is 0.0556. The van der Waals surface area contributed by atoms with Crippen LogP contribution in [-0.2, 0) is 0 Å². The highest BCUT2D eigenvalue weighted by Gasteiger charge is 2.11. The minimum atomic E-state index is -0.311. The molecule has 0 aliphatic rings. The molecule has 1 aromatic carbocycles. The van der Waals surface area contributed by atoms with Crippen LogP contribution in [0.2, 0.25) is 0 Å². The number of carbonyl (C=O) groups excluding carboxylic acids is 1. The van der Waals surface area contributed by atoms with Crippen molar-refractivity contribution in [1.82, 2.24) is 9.97 Å². The van der Waals surface area contributed by atoms with E-state index < -0.39 is 0 Å².